The second-order valence-corrected chi connectivity index (χ2v) is 3.92. The van der Waals surface area contributed by atoms with Crippen LogP contribution < -0.4 is 0 Å². The first-order chi connectivity index (χ1) is 7.59. The molecule has 1 N–H and O–H groups in total. The van der Waals surface area contributed by atoms with E-state index in [2.05, 4.69) is 4.98 Å². The van der Waals surface area contributed by atoms with Crippen molar-refractivity contribution in [2.45, 2.75) is 20.3 Å². The number of carbonyl (C=O) groups excluding carboxylic acids is 1. The van der Waals surface area contributed by atoms with Crippen LogP contribution in [0.25, 0.3) is 10.8 Å². The number of nitrogens with zero attached hydrogens (tertiary/aromatic N) is 1. The fourth-order valence-corrected chi connectivity index (χ4v) is 1.84. The summed E-state index contributed by atoms with van der Waals surface area (Å²) in [4.78, 5) is 15.3. The molecule has 0 saturated carbocycles. The lowest BCUT2D eigenvalue weighted by molar-refractivity contribution is -0.116. The van der Waals surface area contributed by atoms with Crippen LogP contribution in [-0.4, -0.2) is 15.9 Å². The lowest BCUT2D eigenvalue weighted by Gasteiger charge is -2.08. The molecule has 3 heteroatoms. The Balaban J connectivity index is 2.70. The number of carbonyl (C=O) groups is 1. The number of hydrogen-bond acceptors (Lipinski definition) is 3. The summed E-state index contributed by atoms with van der Waals surface area (Å²) < 4.78 is 0. The lowest BCUT2D eigenvalue weighted by Crippen LogP contribution is -2.01. The SMILES string of the molecule is CC(=O)Cc1nc(C)c2ccccc2c1O. The van der Waals surface area contributed by atoms with Gasteiger partial charge in [-0.15, -0.1) is 0 Å². The van der Waals surface area contributed by atoms with Gasteiger partial charge in [0.25, 0.3) is 0 Å². The molecule has 0 atom stereocenters. The number of aromatic nitrogens is 1. The van der Waals surface area contributed by atoms with Crippen LogP contribution in [0.4, 0.5) is 0 Å². The summed E-state index contributed by atoms with van der Waals surface area (Å²) in [7, 11) is 0. The summed E-state index contributed by atoms with van der Waals surface area (Å²) >= 11 is 0. The Bertz CT molecular complexity index is 561. The lowest BCUT2D eigenvalue weighted by atomic mass is 10.1. The van der Waals surface area contributed by atoms with Crippen LogP contribution in [0.5, 0.6) is 5.75 Å². The molecule has 1 heterocycles. The van der Waals surface area contributed by atoms with Crippen molar-refractivity contribution in [3.8, 4) is 5.75 Å². The highest BCUT2D eigenvalue weighted by atomic mass is 16.3. The number of benzene rings is 1. The molecule has 0 radical (unpaired) electrons. The molecule has 1 aromatic heterocycles. The number of ketones is 1. The molecule has 82 valence electrons. The Hall–Kier alpha value is -1.90. The normalized spacial score (nSPS) is 10.6. The van der Waals surface area contributed by atoms with Crippen molar-refractivity contribution in [2.24, 2.45) is 0 Å². The smallest absolute Gasteiger partial charge is 0.145 e. The van der Waals surface area contributed by atoms with Gasteiger partial charge in [-0.05, 0) is 13.8 Å². The molecule has 0 bridgehead atoms. The van der Waals surface area contributed by atoms with E-state index >= 15 is 0 Å². The van der Waals surface area contributed by atoms with Crippen LogP contribution in [0.3, 0.4) is 0 Å². The van der Waals surface area contributed by atoms with Gasteiger partial charge >= 0.3 is 0 Å². The molecule has 16 heavy (non-hydrogen) atoms. The topological polar surface area (TPSA) is 50.2 Å². The number of aryl methyl sites for hydroxylation is 1. The monoisotopic (exact) mass is 215 g/mol. The van der Waals surface area contributed by atoms with E-state index in [1.807, 2.05) is 31.2 Å². The van der Waals surface area contributed by atoms with Crippen LogP contribution >= 0.6 is 0 Å². The maximum Gasteiger partial charge on any atom is 0.145 e. The number of Topliss-reactive ketones (excluding diaryl/α,β-unsaturated/α-hetero) is 1. The minimum Gasteiger partial charge on any atom is -0.505 e. The van der Waals surface area contributed by atoms with Gasteiger partial charge in [0.2, 0.25) is 0 Å². The van der Waals surface area contributed by atoms with Gasteiger partial charge in [0.15, 0.2) is 0 Å². The van der Waals surface area contributed by atoms with Crippen molar-refractivity contribution in [3.05, 3.63) is 35.7 Å². The third-order valence-electron chi connectivity index (χ3n) is 2.56. The molecule has 0 spiro atoms. The first kappa shape index (κ1) is 10.6. The summed E-state index contributed by atoms with van der Waals surface area (Å²) in [6, 6.07) is 7.51. The maximum atomic E-state index is 11.1. The molecule has 0 aliphatic carbocycles. The molecular weight excluding hydrogens is 202 g/mol. The highest BCUT2D eigenvalue weighted by molar-refractivity contribution is 5.91. The number of fused-ring (bicyclic) bond motifs is 1. The summed E-state index contributed by atoms with van der Waals surface area (Å²) in [6.45, 7) is 3.37. The first-order valence-corrected chi connectivity index (χ1v) is 5.16. The van der Waals surface area contributed by atoms with Crippen molar-refractivity contribution in [1.29, 1.82) is 0 Å². The van der Waals surface area contributed by atoms with Crippen LogP contribution in [0.2, 0.25) is 0 Å². The molecule has 0 fully saturated rings. The second-order valence-electron chi connectivity index (χ2n) is 3.92. The fraction of sp³-hybridized carbons (Fsp3) is 0.231. The summed E-state index contributed by atoms with van der Waals surface area (Å²) in [6.07, 6.45) is 0.178. The predicted molar refractivity (Wildman–Crippen MR) is 62.5 cm³/mol. The predicted octanol–water partition coefficient (Wildman–Crippen LogP) is 2.38. The van der Waals surface area contributed by atoms with Crippen LogP contribution in [0.15, 0.2) is 24.3 Å². The quantitative estimate of drug-likeness (QED) is 0.836. The zero-order chi connectivity index (χ0) is 11.7. The van der Waals surface area contributed by atoms with E-state index in [1.54, 1.807) is 0 Å². The minimum atomic E-state index is -0.00233. The van der Waals surface area contributed by atoms with E-state index in [9.17, 15) is 9.90 Å². The van der Waals surface area contributed by atoms with Gasteiger partial charge < -0.3 is 5.11 Å². The Morgan fingerprint density at radius 3 is 2.56 bits per heavy atom. The molecule has 0 aliphatic heterocycles. The first-order valence-electron chi connectivity index (χ1n) is 5.16. The number of hydrogen-bond donors (Lipinski definition) is 1. The zero-order valence-electron chi connectivity index (χ0n) is 9.32. The van der Waals surface area contributed by atoms with Crippen molar-refractivity contribution in [2.75, 3.05) is 0 Å². The Labute approximate surface area is 93.7 Å². The van der Waals surface area contributed by atoms with Gasteiger partial charge in [-0.25, -0.2) is 0 Å². The van der Waals surface area contributed by atoms with Crippen LogP contribution in [0.1, 0.15) is 18.3 Å². The largest absolute Gasteiger partial charge is 0.505 e. The fourth-order valence-electron chi connectivity index (χ4n) is 1.84. The molecule has 2 aromatic rings. The van der Waals surface area contributed by atoms with E-state index in [0.29, 0.717) is 5.69 Å². The Morgan fingerprint density at radius 1 is 1.31 bits per heavy atom. The second kappa shape index (κ2) is 3.93. The van der Waals surface area contributed by atoms with Gasteiger partial charge in [0.1, 0.15) is 11.5 Å². The third-order valence-corrected chi connectivity index (χ3v) is 2.56. The van der Waals surface area contributed by atoms with Gasteiger partial charge in [-0.2, -0.15) is 0 Å². The average Bonchev–Trinajstić information content (AvgIpc) is 2.25. The maximum absolute atomic E-state index is 11.1. The van der Waals surface area contributed by atoms with Crippen molar-refractivity contribution < 1.29 is 9.90 Å². The Kier molecular flexibility index (Phi) is 2.60. The highest BCUT2D eigenvalue weighted by Crippen LogP contribution is 2.29. The van der Waals surface area contributed by atoms with Gasteiger partial charge in [-0.3, -0.25) is 9.78 Å². The molecule has 0 aliphatic rings. The van der Waals surface area contributed by atoms with E-state index in [0.717, 1.165) is 16.5 Å². The minimum absolute atomic E-state index is 0.00233. The van der Waals surface area contributed by atoms with E-state index in [-0.39, 0.29) is 18.0 Å². The molecule has 2 rings (SSSR count). The average molecular weight is 215 g/mol. The van der Waals surface area contributed by atoms with Crippen molar-refractivity contribution in [1.82, 2.24) is 4.98 Å². The Morgan fingerprint density at radius 2 is 1.94 bits per heavy atom. The van der Waals surface area contributed by atoms with Crippen LogP contribution in [0, 0.1) is 6.92 Å². The molecular formula is C13H13NO2. The van der Waals surface area contributed by atoms with Gasteiger partial charge in [-0.1, -0.05) is 24.3 Å². The number of rotatable bonds is 2. The van der Waals surface area contributed by atoms with Crippen molar-refractivity contribution >= 4 is 16.6 Å². The summed E-state index contributed by atoms with van der Waals surface area (Å²) in [5.74, 6) is 0.119. The number of pyridine rings is 1. The van der Waals surface area contributed by atoms with Crippen LogP contribution in [-0.2, 0) is 11.2 Å². The standard InChI is InChI=1S/C13H13NO2/c1-8(15)7-12-13(16)11-6-4-3-5-10(11)9(2)14-12/h3-6,16H,7H2,1-2H3. The van der Waals surface area contributed by atoms with Gasteiger partial charge in [0.05, 0.1) is 12.1 Å². The summed E-state index contributed by atoms with van der Waals surface area (Å²) in [5.41, 5.74) is 1.30. The molecule has 0 amide bonds. The van der Waals surface area contributed by atoms with Crippen molar-refractivity contribution in [3.63, 3.8) is 0 Å². The zero-order valence-corrected chi connectivity index (χ0v) is 9.32. The molecule has 3 nitrogen and oxygen atoms in total. The van der Waals surface area contributed by atoms with E-state index in [1.165, 1.54) is 6.92 Å². The molecule has 0 unspecified atom stereocenters. The van der Waals surface area contributed by atoms with E-state index < -0.39 is 0 Å². The third kappa shape index (κ3) is 1.76. The summed E-state index contributed by atoms with van der Waals surface area (Å²) in [5, 5.41) is 11.7. The van der Waals surface area contributed by atoms with E-state index in [4.69, 9.17) is 0 Å². The molecule has 1 aromatic carbocycles. The molecule has 0 saturated heterocycles. The highest BCUT2D eigenvalue weighted by Gasteiger charge is 2.11. The van der Waals surface area contributed by atoms with Gasteiger partial charge in [0, 0.05) is 16.5 Å². The number of aromatic hydroxyl groups is 1.